The molecule has 0 spiro atoms. The predicted molar refractivity (Wildman–Crippen MR) is 450 cm³/mol. The molecule has 24 heteroatoms. The maximum absolute atomic E-state index is 15.0. The van der Waals surface area contributed by atoms with Gasteiger partial charge >= 0.3 is 0 Å². The molecule has 0 atom stereocenters. The van der Waals surface area contributed by atoms with Crippen LogP contribution < -0.4 is 40.2 Å². The van der Waals surface area contributed by atoms with Crippen LogP contribution in [0.1, 0.15) is 86.5 Å². The van der Waals surface area contributed by atoms with Crippen LogP contribution in [0.15, 0.2) is 268 Å². The minimum Gasteiger partial charge on any atom is -0.497 e. The number of nitrogens with one attached hydrogen (secondary N) is 6. The number of carbonyl (C=O) groups excluding carboxylic acids is 4. The first-order valence-corrected chi connectivity index (χ1v) is 37.3. The Morgan fingerprint density at radius 2 is 0.543 bits per heavy atom. The number of hydrogen-bond donors (Lipinski definition) is 6. The van der Waals surface area contributed by atoms with Gasteiger partial charge in [0.1, 0.15) is 23.0 Å². The first-order chi connectivity index (χ1) is 56.8. The summed E-state index contributed by atoms with van der Waals surface area (Å²) in [6.07, 6.45) is 21.9. The molecule has 9 heterocycles. The van der Waals surface area contributed by atoms with E-state index in [1.807, 2.05) is 195 Å². The fraction of sp³-hybridized carbons (Fsp3) is 0.0870. The lowest BCUT2D eigenvalue weighted by molar-refractivity contribution is 0.101. The summed E-state index contributed by atoms with van der Waals surface area (Å²) >= 11 is 0. The molecule has 0 saturated carbocycles. The second kappa shape index (κ2) is 32.3. The number of H-pyrrole nitrogens is 2. The third kappa shape index (κ3) is 15.6. The van der Waals surface area contributed by atoms with Crippen molar-refractivity contribution in [2.45, 2.75) is 26.2 Å². The molecule has 7 aromatic heterocycles. The highest BCUT2D eigenvalue weighted by molar-refractivity contribution is 6.13. The van der Waals surface area contributed by atoms with Crippen LogP contribution in [0.4, 0.5) is 22.7 Å². The van der Waals surface area contributed by atoms with Crippen LogP contribution in [0.25, 0.3) is 90.9 Å². The van der Waals surface area contributed by atoms with E-state index in [0.717, 1.165) is 22.3 Å². The molecule has 0 saturated heterocycles. The third-order valence-corrected chi connectivity index (χ3v) is 20.1. The molecular weight excluding hydrogens is 1460 g/mol. The molecule has 116 heavy (non-hydrogen) atoms. The first-order valence-electron chi connectivity index (χ1n) is 37.3. The Labute approximate surface area is 665 Å². The number of fused-ring (bicyclic) bond motifs is 8. The van der Waals surface area contributed by atoms with Crippen molar-refractivity contribution in [3.8, 4) is 67.5 Å². The number of anilines is 4. The van der Waals surface area contributed by atoms with Gasteiger partial charge in [-0.2, -0.15) is 20.4 Å². The number of carbonyl (C=O) groups is 4. The van der Waals surface area contributed by atoms with E-state index in [0.29, 0.717) is 184 Å². The number of amides is 4. The average Bonchev–Trinajstić information content (AvgIpc) is 1.49. The quantitative estimate of drug-likeness (QED) is 0.0328. The molecule has 17 rings (SSSR count). The van der Waals surface area contributed by atoms with Crippen LogP contribution in [0.3, 0.4) is 0 Å². The summed E-state index contributed by atoms with van der Waals surface area (Å²) < 4.78 is 31.4. The van der Waals surface area contributed by atoms with Gasteiger partial charge in [-0.15, -0.1) is 0 Å². The molecule has 2 aliphatic rings. The summed E-state index contributed by atoms with van der Waals surface area (Å²) in [5.41, 5.74) is 14.7. The van der Waals surface area contributed by atoms with E-state index in [2.05, 4.69) is 51.6 Å². The zero-order valence-electron chi connectivity index (χ0n) is 63.3. The summed E-state index contributed by atoms with van der Waals surface area (Å²) in [6.45, 7) is 1.75. The summed E-state index contributed by atoms with van der Waals surface area (Å²) in [4.78, 5) is 79.2. The summed E-state index contributed by atoms with van der Waals surface area (Å²) in [7, 11) is 6.32. The zero-order chi connectivity index (χ0) is 79.2. The zero-order valence-corrected chi connectivity index (χ0v) is 63.3. The van der Waals surface area contributed by atoms with E-state index in [1.165, 1.54) is 0 Å². The lowest BCUT2D eigenvalue weighted by atomic mass is 10.0. The smallest absolute Gasteiger partial charge is 0.255 e. The van der Waals surface area contributed by atoms with Gasteiger partial charge in [0.2, 0.25) is 0 Å². The Balaban J connectivity index is 0.925. The molecule has 6 N–H and O–H groups in total. The van der Waals surface area contributed by atoms with Gasteiger partial charge in [0.05, 0.1) is 77.4 Å². The Morgan fingerprint density at radius 3 is 0.759 bits per heavy atom. The maximum atomic E-state index is 15.0. The molecule has 24 nitrogen and oxygen atoms in total. The lowest BCUT2D eigenvalue weighted by Crippen LogP contribution is -2.13. The Kier molecular flexibility index (Phi) is 20.4. The standard InChI is InChI=1S/C92H74N16O8/c1-113-65-21-25-73(101-89(109)61-17-5-13-57(45-61)53-105-41-9-37-93-105)69(49-65)85-77-29-31-79(97-77)86(70-50-66(114-2)22-26-74(70)102-90(110)62-18-6-14-58(46-62)54-106-42-10-38-94-106)81-33-35-83(99-81)88(72-52-68(116-4)24-28-76(72)104-92(112)64-20-8-16-60(48-64)56-108-44-12-40-96-108)84-36-34-82(100-84)87(80-32-30-78(85)98-80)71-51-67(115-3)23-27-75(71)103-91(111)63-19-7-15-59(47-63)55-107-43-11-39-95-107/h5-52,97,100H,53-56H2,1-4H3,(H,101,109)(H,102,110)(H,103,111)(H,104,112). The van der Waals surface area contributed by atoms with Gasteiger partial charge in [-0.1, -0.05) is 48.5 Å². The van der Waals surface area contributed by atoms with E-state index in [4.69, 9.17) is 28.9 Å². The number of aromatic nitrogens is 12. The minimum absolute atomic E-state index is 0.385. The van der Waals surface area contributed by atoms with E-state index in [-0.39, 0.29) is 23.6 Å². The number of methoxy groups -OCH3 is 4. The monoisotopic (exact) mass is 1530 g/mol. The van der Waals surface area contributed by atoms with E-state index in [9.17, 15) is 0 Å². The van der Waals surface area contributed by atoms with Crippen molar-refractivity contribution in [3.05, 3.63) is 335 Å². The fourth-order valence-electron chi connectivity index (χ4n) is 14.5. The maximum Gasteiger partial charge on any atom is 0.255 e. The summed E-state index contributed by atoms with van der Waals surface area (Å²) in [5.74, 6) is 0.341. The van der Waals surface area contributed by atoms with Crippen molar-refractivity contribution in [1.82, 2.24) is 59.1 Å². The van der Waals surface area contributed by atoms with Crippen molar-refractivity contribution < 1.29 is 38.1 Å². The molecule has 0 aliphatic carbocycles. The largest absolute Gasteiger partial charge is 0.497 e. The molecule has 0 fully saturated rings. The highest BCUT2D eigenvalue weighted by Gasteiger charge is 2.27. The Morgan fingerprint density at radius 1 is 0.302 bits per heavy atom. The second-order valence-corrected chi connectivity index (χ2v) is 27.6. The highest BCUT2D eigenvalue weighted by Crippen LogP contribution is 2.46. The van der Waals surface area contributed by atoms with Crippen molar-refractivity contribution in [3.63, 3.8) is 0 Å². The Hall–Kier alpha value is -15.7. The summed E-state index contributed by atoms with van der Waals surface area (Å²) in [6, 6.07) is 66.5. The average molecular weight is 1530 g/mol. The van der Waals surface area contributed by atoms with Crippen LogP contribution in [0.2, 0.25) is 0 Å². The number of hydrogen-bond acceptors (Lipinski definition) is 14. The van der Waals surface area contributed by atoms with Gasteiger partial charge < -0.3 is 50.2 Å². The molecular formula is C92H74N16O8. The molecule has 4 amide bonds. The number of nitrogens with zero attached hydrogens (tertiary/aromatic N) is 10. The van der Waals surface area contributed by atoms with E-state index < -0.39 is 0 Å². The van der Waals surface area contributed by atoms with Crippen molar-refractivity contribution >= 4 is 92.7 Å². The van der Waals surface area contributed by atoms with Crippen LogP contribution in [0, 0.1) is 0 Å². The molecule has 15 aromatic rings. The Bertz CT molecular complexity index is 5750. The molecule has 0 radical (unpaired) electrons. The van der Waals surface area contributed by atoms with Gasteiger partial charge in [-0.05, 0) is 216 Å². The molecule has 8 aromatic carbocycles. The number of aromatic amines is 2. The molecule has 2 aliphatic heterocycles. The van der Waals surface area contributed by atoms with Crippen LogP contribution in [-0.4, -0.2) is 111 Å². The normalized spacial score (nSPS) is 11.5. The topological polar surface area (TPSA) is 282 Å². The SMILES string of the molecule is COc1ccc(NC(=O)c2cccc(Cn3cccn3)c2)c(-c2c3nc(c(-c4cc(OC)ccc4NC(=O)c4cccc(Cn5cccn5)c4)c4ccc([nH]4)c(-c4cc(OC)ccc4NC(=O)c4cccc(Cn5cccn5)c4)c4nc(c(-c5cc(OC)ccc5NC(=O)c5cccc(Cn6cccn6)c5)c5ccc2[nH]5)C=C4)C=C3)c1. The van der Waals surface area contributed by atoms with Gasteiger partial charge in [0.15, 0.2) is 0 Å². The van der Waals surface area contributed by atoms with Crippen molar-refractivity contribution in [2.24, 2.45) is 0 Å². The van der Waals surface area contributed by atoms with Crippen molar-refractivity contribution in [1.29, 1.82) is 0 Å². The third-order valence-electron chi connectivity index (χ3n) is 20.1. The second-order valence-electron chi connectivity index (χ2n) is 27.6. The fourth-order valence-corrected chi connectivity index (χ4v) is 14.5. The predicted octanol–water partition coefficient (Wildman–Crippen LogP) is 17.3. The first kappa shape index (κ1) is 73.1. The van der Waals surface area contributed by atoms with Gasteiger partial charge in [-0.25, -0.2) is 9.97 Å². The summed E-state index contributed by atoms with van der Waals surface area (Å²) in [5, 5.41) is 30.8. The van der Waals surface area contributed by atoms with Crippen molar-refractivity contribution in [2.75, 3.05) is 49.7 Å². The number of ether oxygens (including phenoxy) is 4. The van der Waals surface area contributed by atoms with Gasteiger partial charge in [0.25, 0.3) is 23.6 Å². The molecule has 8 bridgehead atoms. The lowest BCUT2D eigenvalue weighted by Gasteiger charge is -2.16. The highest BCUT2D eigenvalue weighted by atomic mass is 16.5. The van der Waals surface area contributed by atoms with Gasteiger partial charge in [0, 0.05) is 161 Å². The molecule has 570 valence electrons. The van der Waals surface area contributed by atoms with E-state index in [1.54, 1.807) is 145 Å². The number of benzene rings is 8. The van der Waals surface area contributed by atoms with Gasteiger partial charge in [-0.3, -0.25) is 37.9 Å². The number of rotatable bonds is 24. The van der Waals surface area contributed by atoms with Crippen LogP contribution in [0.5, 0.6) is 23.0 Å². The van der Waals surface area contributed by atoms with Crippen LogP contribution >= 0.6 is 0 Å². The minimum atomic E-state index is -0.385. The molecule has 0 unspecified atom stereocenters. The van der Waals surface area contributed by atoms with Crippen LogP contribution in [-0.2, 0) is 26.2 Å². The van der Waals surface area contributed by atoms with E-state index >= 15 is 19.2 Å².